The third kappa shape index (κ3) is 2.90. The number of methoxy groups -OCH3 is 1. The number of carbonyl (C=O) groups excluding carboxylic acids is 1. The second kappa shape index (κ2) is 5.88. The number of thiophene rings is 1. The van der Waals surface area contributed by atoms with Crippen LogP contribution in [-0.4, -0.2) is 36.2 Å². The van der Waals surface area contributed by atoms with Gasteiger partial charge in [0, 0.05) is 18.0 Å². The van der Waals surface area contributed by atoms with Crippen molar-refractivity contribution in [2.24, 2.45) is 0 Å². The lowest BCUT2D eigenvalue weighted by Crippen LogP contribution is -2.32. The topological polar surface area (TPSA) is 41.6 Å². The Morgan fingerprint density at radius 1 is 1.37 bits per heavy atom. The maximum absolute atomic E-state index is 11.9. The van der Waals surface area contributed by atoms with E-state index in [9.17, 15) is 4.79 Å². The SMILES string of the molecule is COC(=O)c1c(NC(=S)N2CCCC2)sc(C)c1C. The Morgan fingerprint density at radius 2 is 2.00 bits per heavy atom. The second-order valence-electron chi connectivity index (χ2n) is 4.60. The second-order valence-corrected chi connectivity index (χ2v) is 6.21. The zero-order valence-electron chi connectivity index (χ0n) is 11.4. The first-order valence-corrected chi connectivity index (χ1v) is 7.51. The lowest BCUT2D eigenvalue weighted by Gasteiger charge is -2.19. The van der Waals surface area contributed by atoms with Crippen molar-refractivity contribution >= 4 is 39.6 Å². The van der Waals surface area contributed by atoms with Gasteiger partial charge in [-0.15, -0.1) is 11.3 Å². The standard InChI is InChI=1S/C13H18N2O2S2/c1-8-9(2)19-11(10(8)12(16)17-3)14-13(18)15-6-4-5-7-15/h4-7H2,1-3H3,(H,14,18). The zero-order chi connectivity index (χ0) is 14.0. The van der Waals surface area contributed by atoms with Gasteiger partial charge >= 0.3 is 5.97 Å². The summed E-state index contributed by atoms with van der Waals surface area (Å²) < 4.78 is 4.85. The third-order valence-corrected chi connectivity index (χ3v) is 4.87. The third-order valence-electron chi connectivity index (χ3n) is 3.39. The summed E-state index contributed by atoms with van der Waals surface area (Å²) in [4.78, 5) is 15.1. The summed E-state index contributed by atoms with van der Waals surface area (Å²) in [5, 5.41) is 4.69. The number of nitrogens with one attached hydrogen (secondary N) is 1. The van der Waals surface area contributed by atoms with Gasteiger partial charge in [-0.25, -0.2) is 4.79 Å². The number of esters is 1. The zero-order valence-corrected chi connectivity index (χ0v) is 13.0. The summed E-state index contributed by atoms with van der Waals surface area (Å²) in [5.41, 5.74) is 1.56. The van der Waals surface area contributed by atoms with E-state index in [1.54, 1.807) is 11.3 Å². The molecule has 0 aliphatic carbocycles. The maximum Gasteiger partial charge on any atom is 0.341 e. The highest BCUT2D eigenvalue weighted by atomic mass is 32.1. The minimum atomic E-state index is -0.312. The van der Waals surface area contributed by atoms with E-state index in [0.717, 1.165) is 28.5 Å². The lowest BCUT2D eigenvalue weighted by molar-refractivity contribution is 0.0601. The monoisotopic (exact) mass is 298 g/mol. The first kappa shape index (κ1) is 14.3. The fourth-order valence-corrected chi connectivity index (χ4v) is 3.56. The highest BCUT2D eigenvalue weighted by Gasteiger charge is 2.22. The van der Waals surface area contributed by atoms with Crippen LogP contribution >= 0.6 is 23.6 Å². The van der Waals surface area contributed by atoms with Crippen LogP contribution in [-0.2, 0) is 4.74 Å². The Kier molecular flexibility index (Phi) is 4.42. The number of nitrogens with zero attached hydrogens (tertiary/aromatic N) is 1. The van der Waals surface area contributed by atoms with Gasteiger partial charge in [-0.2, -0.15) is 0 Å². The van der Waals surface area contributed by atoms with Crippen molar-refractivity contribution in [3.8, 4) is 0 Å². The number of thiocarbonyl (C=S) groups is 1. The van der Waals surface area contributed by atoms with E-state index < -0.39 is 0 Å². The molecule has 19 heavy (non-hydrogen) atoms. The Morgan fingerprint density at radius 3 is 2.58 bits per heavy atom. The van der Waals surface area contributed by atoms with Gasteiger partial charge in [0.25, 0.3) is 0 Å². The van der Waals surface area contributed by atoms with Gasteiger partial charge in [-0.1, -0.05) is 0 Å². The van der Waals surface area contributed by atoms with Crippen LogP contribution in [0.15, 0.2) is 0 Å². The smallest absolute Gasteiger partial charge is 0.341 e. The summed E-state index contributed by atoms with van der Waals surface area (Å²) in [5.74, 6) is -0.312. The van der Waals surface area contributed by atoms with Crippen LogP contribution in [0.4, 0.5) is 5.00 Å². The summed E-state index contributed by atoms with van der Waals surface area (Å²) in [6.45, 7) is 5.91. The molecule has 1 aliphatic heterocycles. The molecule has 1 aliphatic rings. The van der Waals surface area contributed by atoms with Gasteiger partial charge in [0.2, 0.25) is 0 Å². The van der Waals surface area contributed by atoms with Crippen molar-refractivity contribution < 1.29 is 9.53 Å². The minimum Gasteiger partial charge on any atom is -0.465 e. The molecule has 6 heteroatoms. The summed E-state index contributed by atoms with van der Waals surface area (Å²) in [6, 6.07) is 0. The van der Waals surface area contributed by atoms with Crippen molar-refractivity contribution in [2.45, 2.75) is 26.7 Å². The maximum atomic E-state index is 11.9. The highest BCUT2D eigenvalue weighted by Crippen LogP contribution is 2.33. The summed E-state index contributed by atoms with van der Waals surface area (Å²) in [6.07, 6.45) is 2.35. The number of hydrogen-bond acceptors (Lipinski definition) is 4. The molecule has 0 atom stereocenters. The summed E-state index contributed by atoms with van der Waals surface area (Å²) >= 11 is 6.95. The molecular formula is C13H18N2O2S2. The first-order chi connectivity index (χ1) is 9.04. The minimum absolute atomic E-state index is 0.312. The molecule has 0 amide bonds. The number of likely N-dealkylation sites (tertiary alicyclic amines) is 1. The average Bonchev–Trinajstić information content (AvgIpc) is 2.99. The van der Waals surface area contributed by atoms with Crippen LogP contribution in [0.25, 0.3) is 0 Å². The molecule has 4 nitrogen and oxygen atoms in total. The van der Waals surface area contributed by atoms with E-state index in [0.29, 0.717) is 10.7 Å². The molecule has 0 radical (unpaired) electrons. The van der Waals surface area contributed by atoms with E-state index in [-0.39, 0.29) is 5.97 Å². The first-order valence-electron chi connectivity index (χ1n) is 6.28. The molecule has 1 fully saturated rings. The van der Waals surface area contributed by atoms with Gasteiger partial charge in [-0.05, 0) is 44.5 Å². The number of ether oxygens (including phenoxy) is 1. The number of hydrogen-bond donors (Lipinski definition) is 1. The van der Waals surface area contributed by atoms with Crippen molar-refractivity contribution in [2.75, 3.05) is 25.5 Å². The summed E-state index contributed by atoms with van der Waals surface area (Å²) in [7, 11) is 1.40. The fraction of sp³-hybridized carbons (Fsp3) is 0.538. The van der Waals surface area contributed by atoms with Gasteiger partial charge in [-0.3, -0.25) is 0 Å². The highest BCUT2D eigenvalue weighted by molar-refractivity contribution is 7.80. The molecule has 0 aromatic carbocycles. The molecule has 0 bridgehead atoms. The molecule has 0 spiro atoms. The quantitative estimate of drug-likeness (QED) is 0.671. The molecule has 0 saturated carbocycles. The molecule has 2 heterocycles. The molecule has 1 N–H and O–H groups in total. The number of carbonyl (C=O) groups is 1. The van der Waals surface area contributed by atoms with E-state index >= 15 is 0 Å². The predicted molar refractivity (Wildman–Crippen MR) is 82.2 cm³/mol. The lowest BCUT2D eigenvalue weighted by atomic mass is 10.1. The molecule has 1 saturated heterocycles. The normalized spacial score (nSPS) is 14.6. The average molecular weight is 298 g/mol. The molecule has 2 rings (SSSR count). The van der Waals surface area contributed by atoms with Crippen LogP contribution in [0.1, 0.15) is 33.6 Å². The molecular weight excluding hydrogens is 280 g/mol. The van der Waals surface area contributed by atoms with E-state index in [1.165, 1.54) is 20.0 Å². The predicted octanol–water partition coefficient (Wildman–Crippen LogP) is 2.94. The Balaban J connectivity index is 2.22. The van der Waals surface area contributed by atoms with Gasteiger partial charge in [0.05, 0.1) is 12.7 Å². The van der Waals surface area contributed by atoms with E-state index in [2.05, 4.69) is 10.2 Å². The number of rotatable bonds is 2. The van der Waals surface area contributed by atoms with Crippen LogP contribution in [0.2, 0.25) is 0 Å². The molecule has 1 aromatic rings. The van der Waals surface area contributed by atoms with Gasteiger partial charge < -0.3 is 15.0 Å². The van der Waals surface area contributed by atoms with Crippen LogP contribution in [0, 0.1) is 13.8 Å². The number of aryl methyl sites for hydroxylation is 1. The van der Waals surface area contributed by atoms with E-state index in [1.807, 2.05) is 13.8 Å². The van der Waals surface area contributed by atoms with Crippen molar-refractivity contribution in [3.05, 3.63) is 16.0 Å². The fourth-order valence-electron chi connectivity index (χ4n) is 2.16. The van der Waals surface area contributed by atoms with Crippen molar-refractivity contribution in [3.63, 3.8) is 0 Å². The number of anilines is 1. The van der Waals surface area contributed by atoms with Gasteiger partial charge in [0.1, 0.15) is 5.00 Å². The molecule has 1 aromatic heterocycles. The van der Waals surface area contributed by atoms with Crippen molar-refractivity contribution in [1.82, 2.24) is 4.90 Å². The van der Waals surface area contributed by atoms with Crippen molar-refractivity contribution in [1.29, 1.82) is 0 Å². The van der Waals surface area contributed by atoms with Gasteiger partial charge in [0.15, 0.2) is 5.11 Å². The molecule has 0 unspecified atom stereocenters. The Bertz CT molecular complexity index is 505. The van der Waals surface area contributed by atoms with Crippen LogP contribution < -0.4 is 5.32 Å². The largest absolute Gasteiger partial charge is 0.465 e. The Labute approximate surface area is 122 Å². The van der Waals surface area contributed by atoms with Crippen LogP contribution in [0.3, 0.4) is 0 Å². The Hall–Kier alpha value is -1.14. The van der Waals surface area contributed by atoms with E-state index in [4.69, 9.17) is 17.0 Å². The van der Waals surface area contributed by atoms with Crippen LogP contribution in [0.5, 0.6) is 0 Å². The molecule has 104 valence electrons.